The molecule has 1 heterocycles. The molecule has 1 atom stereocenters. The highest BCUT2D eigenvalue weighted by atomic mass is 32.2. The van der Waals surface area contributed by atoms with Crippen LogP contribution < -0.4 is 4.72 Å². The van der Waals surface area contributed by atoms with E-state index in [0.717, 1.165) is 23.3 Å². The van der Waals surface area contributed by atoms with Crippen molar-refractivity contribution < 1.29 is 26.4 Å². The molecule has 9 heteroatoms. The Bertz CT molecular complexity index is 649. The minimum Gasteiger partial charge on any atom is -0.268 e. The largest absolute Gasteiger partial charge is 0.404 e. The molecule has 1 aromatic heterocycles. The molecule has 1 aliphatic rings. The average Bonchev–Trinajstić information content (AvgIpc) is 2.67. The molecule has 1 N–H and O–H groups in total. The number of amides is 1. The molecule has 0 aliphatic heterocycles. The van der Waals surface area contributed by atoms with Gasteiger partial charge in [-0.3, -0.25) is 4.79 Å². The molecule has 4 nitrogen and oxygen atoms in total. The van der Waals surface area contributed by atoms with Crippen molar-refractivity contribution in [3.63, 3.8) is 0 Å². The summed E-state index contributed by atoms with van der Waals surface area (Å²) in [4.78, 5) is 12.9. The van der Waals surface area contributed by atoms with Crippen molar-refractivity contribution >= 4 is 27.3 Å². The quantitative estimate of drug-likeness (QED) is 0.919. The van der Waals surface area contributed by atoms with E-state index in [4.69, 9.17) is 0 Å². The number of carbonyl (C=O) groups is 1. The number of hydrogen-bond acceptors (Lipinski definition) is 4. The van der Waals surface area contributed by atoms with Crippen LogP contribution in [0.1, 0.15) is 34.1 Å². The lowest BCUT2D eigenvalue weighted by Gasteiger charge is -2.18. The minimum absolute atomic E-state index is 0.174. The van der Waals surface area contributed by atoms with Crippen LogP contribution >= 0.6 is 11.3 Å². The summed E-state index contributed by atoms with van der Waals surface area (Å²) in [6, 6.07) is 0. The first kappa shape index (κ1) is 16.3. The maximum Gasteiger partial charge on any atom is 0.404 e. The monoisotopic (exact) mass is 341 g/mol. The van der Waals surface area contributed by atoms with Crippen LogP contribution in [0.2, 0.25) is 0 Å². The molecule has 0 spiro atoms. The lowest BCUT2D eigenvalue weighted by molar-refractivity contribution is -0.106. The predicted molar refractivity (Wildman–Crippen MR) is 72.8 cm³/mol. The first-order valence-corrected chi connectivity index (χ1v) is 8.81. The van der Waals surface area contributed by atoms with E-state index in [1.54, 1.807) is 0 Å². The highest BCUT2D eigenvalue weighted by Crippen LogP contribution is 2.32. The third-order valence-corrected chi connectivity index (χ3v) is 5.50. The molecular weight excluding hydrogens is 327 g/mol. The van der Waals surface area contributed by atoms with E-state index < -0.39 is 27.9 Å². The number of hydrogen-bond donors (Lipinski definition) is 1. The second-order valence-corrected chi connectivity index (χ2v) is 7.89. The summed E-state index contributed by atoms with van der Waals surface area (Å²) in [6.45, 7) is 2.08. The van der Waals surface area contributed by atoms with Crippen molar-refractivity contribution in [1.82, 2.24) is 4.72 Å². The molecule has 1 amide bonds. The van der Waals surface area contributed by atoms with Gasteiger partial charge >= 0.3 is 6.18 Å². The van der Waals surface area contributed by atoms with Gasteiger partial charge in [0, 0.05) is 10.3 Å². The fourth-order valence-electron chi connectivity index (χ4n) is 2.32. The molecule has 21 heavy (non-hydrogen) atoms. The lowest BCUT2D eigenvalue weighted by Crippen LogP contribution is -2.37. The summed E-state index contributed by atoms with van der Waals surface area (Å²) in [5.41, 5.74) is 0.936. The number of carbonyl (C=O) groups excluding carboxylic acids is 1. The molecule has 2 rings (SSSR count). The maximum atomic E-state index is 12.1. The first-order valence-electron chi connectivity index (χ1n) is 6.28. The zero-order chi connectivity index (χ0) is 15.8. The van der Waals surface area contributed by atoms with Crippen molar-refractivity contribution in [1.29, 1.82) is 0 Å². The van der Waals surface area contributed by atoms with E-state index in [0.29, 0.717) is 12.3 Å². The van der Waals surface area contributed by atoms with Crippen molar-refractivity contribution in [2.75, 3.05) is 5.75 Å². The second kappa shape index (κ2) is 5.60. The maximum absolute atomic E-state index is 12.1. The van der Waals surface area contributed by atoms with Gasteiger partial charge in [-0.25, -0.2) is 13.1 Å². The average molecular weight is 341 g/mol. The number of nitrogens with one attached hydrogen (secondary N) is 1. The van der Waals surface area contributed by atoms with Gasteiger partial charge in [0.15, 0.2) is 5.75 Å². The van der Waals surface area contributed by atoms with Crippen molar-refractivity contribution in [2.45, 2.75) is 32.4 Å². The molecule has 118 valence electrons. The molecular formula is C12H14F3NO3S2. The standard InChI is InChI=1S/C12H14F3NO3S2/c1-7-2-3-8-9(5-20-10(8)4-7)11(17)16-21(18,19)6-12(13,14)15/h5,7H,2-4,6H2,1H3,(H,16,17). The summed E-state index contributed by atoms with van der Waals surface area (Å²) in [5.74, 6) is -2.55. The van der Waals surface area contributed by atoms with E-state index in [-0.39, 0.29) is 5.56 Å². The highest BCUT2D eigenvalue weighted by Gasteiger charge is 2.36. The summed E-state index contributed by atoms with van der Waals surface area (Å²) in [7, 11) is -4.72. The molecule has 0 saturated heterocycles. The molecule has 1 unspecified atom stereocenters. The summed E-state index contributed by atoms with van der Waals surface area (Å²) < 4.78 is 60.5. The van der Waals surface area contributed by atoms with E-state index >= 15 is 0 Å². The van der Waals surface area contributed by atoms with Crippen LogP contribution in [-0.4, -0.2) is 26.3 Å². The second-order valence-electron chi connectivity index (χ2n) is 5.20. The van der Waals surface area contributed by atoms with Crippen LogP contribution in [-0.2, 0) is 22.9 Å². The number of alkyl halides is 3. The van der Waals surface area contributed by atoms with Crippen LogP contribution in [0.5, 0.6) is 0 Å². The molecule has 0 radical (unpaired) electrons. The molecule has 0 bridgehead atoms. The van der Waals surface area contributed by atoms with Crippen LogP contribution in [0.25, 0.3) is 0 Å². The van der Waals surface area contributed by atoms with Gasteiger partial charge < -0.3 is 0 Å². The summed E-state index contributed by atoms with van der Waals surface area (Å²) in [6.07, 6.45) is -2.56. The third kappa shape index (κ3) is 4.19. The topological polar surface area (TPSA) is 63.2 Å². The SMILES string of the molecule is CC1CCc2c(C(=O)NS(=O)(=O)CC(F)(F)F)csc2C1. The Kier molecular flexibility index (Phi) is 4.34. The number of sulfonamides is 1. The van der Waals surface area contributed by atoms with Gasteiger partial charge in [0.1, 0.15) is 0 Å². The van der Waals surface area contributed by atoms with Gasteiger partial charge in [0.25, 0.3) is 5.91 Å². The fraction of sp³-hybridized carbons (Fsp3) is 0.583. The first-order chi connectivity index (χ1) is 9.57. The molecule has 0 fully saturated rings. The molecule has 0 aromatic carbocycles. The van der Waals surface area contributed by atoms with E-state index in [2.05, 4.69) is 6.92 Å². The number of rotatable bonds is 3. The number of halogens is 3. The fourth-order valence-corrected chi connectivity index (χ4v) is 4.46. The third-order valence-electron chi connectivity index (χ3n) is 3.25. The number of thiophene rings is 1. The zero-order valence-electron chi connectivity index (χ0n) is 11.2. The Morgan fingerprint density at radius 1 is 1.48 bits per heavy atom. The number of fused-ring (bicyclic) bond motifs is 1. The van der Waals surface area contributed by atoms with Crippen LogP contribution in [0.3, 0.4) is 0 Å². The Labute approximate surface area is 124 Å². The van der Waals surface area contributed by atoms with Gasteiger partial charge in [-0.1, -0.05) is 6.92 Å². The van der Waals surface area contributed by atoms with Crippen LogP contribution in [0.4, 0.5) is 13.2 Å². The van der Waals surface area contributed by atoms with Crippen molar-refractivity contribution in [2.24, 2.45) is 5.92 Å². The minimum atomic E-state index is -4.88. The molecule has 0 saturated carbocycles. The smallest absolute Gasteiger partial charge is 0.268 e. The Balaban J connectivity index is 2.15. The van der Waals surface area contributed by atoms with E-state index in [9.17, 15) is 26.4 Å². The van der Waals surface area contributed by atoms with Gasteiger partial charge in [0.05, 0.1) is 5.56 Å². The van der Waals surface area contributed by atoms with Crippen LogP contribution in [0, 0.1) is 5.92 Å². The summed E-state index contributed by atoms with van der Waals surface area (Å²) >= 11 is 1.35. The Hall–Kier alpha value is -1.09. The zero-order valence-corrected chi connectivity index (χ0v) is 12.8. The van der Waals surface area contributed by atoms with Crippen LogP contribution in [0.15, 0.2) is 5.38 Å². The van der Waals surface area contributed by atoms with Crippen molar-refractivity contribution in [3.05, 3.63) is 21.4 Å². The van der Waals surface area contributed by atoms with Crippen molar-refractivity contribution in [3.8, 4) is 0 Å². The summed E-state index contributed by atoms with van der Waals surface area (Å²) in [5, 5.41) is 1.52. The Morgan fingerprint density at radius 2 is 2.14 bits per heavy atom. The lowest BCUT2D eigenvalue weighted by atomic mass is 9.88. The van der Waals surface area contributed by atoms with E-state index in [1.807, 2.05) is 0 Å². The highest BCUT2D eigenvalue weighted by molar-refractivity contribution is 7.90. The van der Waals surface area contributed by atoms with Gasteiger partial charge in [-0.2, -0.15) is 13.2 Å². The van der Waals surface area contributed by atoms with E-state index in [1.165, 1.54) is 21.4 Å². The van der Waals surface area contributed by atoms with Gasteiger partial charge in [0.2, 0.25) is 10.0 Å². The van der Waals surface area contributed by atoms with Gasteiger partial charge in [-0.05, 0) is 30.7 Å². The normalized spacial score (nSPS) is 19.1. The predicted octanol–water partition coefficient (Wildman–Crippen LogP) is 2.49. The molecule has 1 aliphatic carbocycles. The molecule has 1 aromatic rings. The van der Waals surface area contributed by atoms with Gasteiger partial charge in [-0.15, -0.1) is 11.3 Å². The Morgan fingerprint density at radius 3 is 2.76 bits per heavy atom.